The first-order valence-corrected chi connectivity index (χ1v) is 9.48. The number of hydrogen-bond donors (Lipinski definition) is 0. The first kappa shape index (κ1) is 19.1. The Balaban J connectivity index is 1.89. The van der Waals surface area contributed by atoms with E-state index in [9.17, 15) is 18.0 Å². The van der Waals surface area contributed by atoms with E-state index in [0.29, 0.717) is 27.3 Å². The summed E-state index contributed by atoms with van der Waals surface area (Å²) in [5.74, 6) is 0. The Bertz CT molecular complexity index is 1280. The van der Waals surface area contributed by atoms with E-state index >= 15 is 0 Å². The number of rotatable bonds is 3. The van der Waals surface area contributed by atoms with Gasteiger partial charge in [0.05, 0.1) is 23.2 Å². The molecule has 0 fully saturated rings. The molecule has 4 nitrogen and oxygen atoms in total. The van der Waals surface area contributed by atoms with Crippen molar-refractivity contribution in [1.29, 1.82) is 0 Å². The molecule has 0 saturated heterocycles. The lowest BCUT2D eigenvalue weighted by Gasteiger charge is -2.09. The van der Waals surface area contributed by atoms with Gasteiger partial charge in [0.1, 0.15) is 4.83 Å². The number of nitrogens with zero attached hydrogens (tertiary/aromatic N) is 3. The van der Waals surface area contributed by atoms with Crippen molar-refractivity contribution >= 4 is 27.2 Å². The molecule has 0 spiro atoms. The molecule has 4 aromatic rings. The number of fused-ring (bicyclic) bond motifs is 1. The molecule has 146 valence electrons. The minimum Gasteiger partial charge on any atom is -0.279 e. The Morgan fingerprint density at radius 3 is 2.38 bits per heavy atom. The number of alkyl halides is 3. The van der Waals surface area contributed by atoms with Gasteiger partial charge in [0.2, 0.25) is 0 Å². The molecule has 0 aliphatic rings. The Labute approximate surface area is 167 Å². The standard InChI is InChI=1S/C21H14F3N3OS/c22-21(23,24)15-8-10-16(11-9-15)26-20-27(13-14-5-2-1-3-6-14)19(28)17-7-4-12-25-18(17)29-20/h1-12H,13H2/b26-20-. The molecule has 2 aromatic heterocycles. The molecule has 2 aromatic carbocycles. The zero-order valence-electron chi connectivity index (χ0n) is 14.9. The molecule has 2 heterocycles. The zero-order chi connectivity index (χ0) is 20.4. The van der Waals surface area contributed by atoms with Gasteiger partial charge in [0.25, 0.3) is 5.56 Å². The summed E-state index contributed by atoms with van der Waals surface area (Å²) in [7, 11) is 0. The van der Waals surface area contributed by atoms with Gasteiger partial charge in [-0.3, -0.25) is 9.36 Å². The smallest absolute Gasteiger partial charge is 0.279 e. The van der Waals surface area contributed by atoms with Gasteiger partial charge in [-0.05, 0) is 42.0 Å². The van der Waals surface area contributed by atoms with Crippen molar-refractivity contribution in [2.24, 2.45) is 4.99 Å². The van der Waals surface area contributed by atoms with Crippen LogP contribution in [-0.4, -0.2) is 9.55 Å². The highest BCUT2D eigenvalue weighted by Gasteiger charge is 2.29. The minimum atomic E-state index is -4.41. The van der Waals surface area contributed by atoms with Crippen molar-refractivity contribution in [1.82, 2.24) is 9.55 Å². The molecule has 0 aliphatic heterocycles. The summed E-state index contributed by atoms with van der Waals surface area (Å²) in [5.41, 5.74) is 0.239. The fourth-order valence-corrected chi connectivity index (χ4v) is 3.79. The van der Waals surface area contributed by atoms with Crippen LogP contribution < -0.4 is 10.4 Å². The van der Waals surface area contributed by atoms with E-state index in [-0.39, 0.29) is 5.56 Å². The average molecular weight is 413 g/mol. The molecule has 29 heavy (non-hydrogen) atoms. The van der Waals surface area contributed by atoms with Gasteiger partial charge in [0.15, 0.2) is 4.80 Å². The maximum atomic E-state index is 13.1. The molecule has 8 heteroatoms. The van der Waals surface area contributed by atoms with Gasteiger partial charge in [-0.25, -0.2) is 9.98 Å². The normalized spacial score (nSPS) is 12.4. The molecule has 0 saturated carbocycles. The van der Waals surface area contributed by atoms with Crippen molar-refractivity contribution in [2.45, 2.75) is 12.7 Å². The molecule has 0 N–H and O–H groups in total. The average Bonchev–Trinajstić information content (AvgIpc) is 2.71. The quantitative estimate of drug-likeness (QED) is 0.486. The highest BCUT2D eigenvalue weighted by atomic mass is 32.1. The lowest BCUT2D eigenvalue weighted by molar-refractivity contribution is -0.137. The van der Waals surface area contributed by atoms with Crippen LogP contribution in [0.3, 0.4) is 0 Å². The van der Waals surface area contributed by atoms with Gasteiger partial charge < -0.3 is 0 Å². The van der Waals surface area contributed by atoms with E-state index in [2.05, 4.69) is 9.98 Å². The van der Waals surface area contributed by atoms with Crippen LogP contribution in [0.2, 0.25) is 0 Å². The van der Waals surface area contributed by atoms with Crippen LogP contribution in [0.15, 0.2) is 82.7 Å². The second-order valence-corrected chi connectivity index (χ2v) is 7.23. The molecule has 0 bridgehead atoms. The Kier molecular flexibility index (Phi) is 5.02. The SMILES string of the molecule is O=c1c2cccnc2s/c(=N\c2ccc(C(F)(F)F)cc2)n1Cc1ccccc1. The number of hydrogen-bond acceptors (Lipinski definition) is 4. The summed E-state index contributed by atoms with van der Waals surface area (Å²) >= 11 is 1.21. The summed E-state index contributed by atoms with van der Waals surface area (Å²) in [6.45, 7) is 0.292. The van der Waals surface area contributed by atoms with Crippen molar-refractivity contribution in [2.75, 3.05) is 0 Å². The van der Waals surface area contributed by atoms with Gasteiger partial charge in [0, 0.05) is 6.20 Å². The van der Waals surface area contributed by atoms with Crippen LogP contribution >= 0.6 is 11.3 Å². The number of halogens is 3. The molecular weight excluding hydrogens is 399 g/mol. The summed E-state index contributed by atoms with van der Waals surface area (Å²) in [5, 5.41) is 0.472. The third-order valence-electron chi connectivity index (χ3n) is 4.27. The predicted molar refractivity (Wildman–Crippen MR) is 106 cm³/mol. The first-order chi connectivity index (χ1) is 13.9. The zero-order valence-corrected chi connectivity index (χ0v) is 15.7. The van der Waals surface area contributed by atoms with Gasteiger partial charge >= 0.3 is 6.18 Å². The number of pyridine rings is 1. The van der Waals surface area contributed by atoms with Crippen LogP contribution in [0.1, 0.15) is 11.1 Å². The van der Waals surface area contributed by atoms with Crippen LogP contribution in [0, 0.1) is 0 Å². The van der Waals surface area contributed by atoms with Crippen molar-refractivity contribution in [3.8, 4) is 0 Å². The van der Waals surface area contributed by atoms with E-state index in [1.807, 2.05) is 30.3 Å². The van der Waals surface area contributed by atoms with E-state index in [4.69, 9.17) is 0 Å². The van der Waals surface area contributed by atoms with E-state index in [0.717, 1.165) is 17.7 Å². The topological polar surface area (TPSA) is 47.2 Å². The molecule has 0 unspecified atom stereocenters. The second kappa shape index (κ2) is 7.63. The Morgan fingerprint density at radius 1 is 0.966 bits per heavy atom. The maximum absolute atomic E-state index is 13.1. The molecular formula is C21H14F3N3OS. The Morgan fingerprint density at radius 2 is 1.69 bits per heavy atom. The van der Waals surface area contributed by atoms with Crippen LogP contribution in [0.25, 0.3) is 10.2 Å². The minimum absolute atomic E-state index is 0.249. The highest BCUT2D eigenvalue weighted by molar-refractivity contribution is 7.15. The predicted octanol–water partition coefficient (Wildman–Crippen LogP) is 4.76. The lowest BCUT2D eigenvalue weighted by Crippen LogP contribution is -2.32. The highest BCUT2D eigenvalue weighted by Crippen LogP contribution is 2.30. The monoisotopic (exact) mass is 413 g/mol. The van der Waals surface area contributed by atoms with E-state index in [1.165, 1.54) is 28.0 Å². The number of aromatic nitrogens is 2. The van der Waals surface area contributed by atoms with Crippen LogP contribution in [0.5, 0.6) is 0 Å². The van der Waals surface area contributed by atoms with Gasteiger partial charge in [-0.1, -0.05) is 41.7 Å². The van der Waals surface area contributed by atoms with Crippen LogP contribution in [0.4, 0.5) is 18.9 Å². The molecule has 0 amide bonds. The van der Waals surface area contributed by atoms with E-state index < -0.39 is 11.7 Å². The molecule has 0 atom stereocenters. The fraction of sp³-hybridized carbons (Fsp3) is 0.0952. The van der Waals surface area contributed by atoms with Gasteiger partial charge in [-0.15, -0.1) is 0 Å². The summed E-state index contributed by atoms with van der Waals surface area (Å²) in [6, 6.07) is 17.3. The van der Waals surface area contributed by atoms with Gasteiger partial charge in [-0.2, -0.15) is 13.2 Å². The maximum Gasteiger partial charge on any atom is 0.416 e. The van der Waals surface area contributed by atoms with Crippen molar-refractivity contribution in [3.05, 3.63) is 99.2 Å². The lowest BCUT2D eigenvalue weighted by atomic mass is 10.2. The Hall–Kier alpha value is -3.26. The summed E-state index contributed by atoms with van der Waals surface area (Å²) in [6.07, 6.45) is -2.83. The number of benzene rings is 2. The van der Waals surface area contributed by atoms with Crippen molar-refractivity contribution in [3.63, 3.8) is 0 Å². The summed E-state index contributed by atoms with van der Waals surface area (Å²) < 4.78 is 39.9. The molecule has 0 aliphatic carbocycles. The first-order valence-electron chi connectivity index (χ1n) is 8.66. The summed E-state index contributed by atoms with van der Waals surface area (Å²) in [4.78, 5) is 22.6. The van der Waals surface area contributed by atoms with E-state index in [1.54, 1.807) is 18.3 Å². The molecule has 4 rings (SSSR count). The second-order valence-electron chi connectivity index (χ2n) is 6.27. The third kappa shape index (κ3) is 4.12. The third-order valence-corrected chi connectivity index (χ3v) is 5.28. The largest absolute Gasteiger partial charge is 0.416 e. The van der Waals surface area contributed by atoms with Crippen molar-refractivity contribution < 1.29 is 13.2 Å². The fourth-order valence-electron chi connectivity index (χ4n) is 2.83. The molecule has 0 radical (unpaired) electrons. The van der Waals surface area contributed by atoms with Crippen LogP contribution in [-0.2, 0) is 12.7 Å².